The van der Waals surface area contributed by atoms with Crippen molar-refractivity contribution in [1.82, 2.24) is 5.32 Å². The fraction of sp³-hybridized carbons (Fsp3) is 0.417. The first-order chi connectivity index (χ1) is 8.08. The number of nitrogens with zero attached hydrogens (tertiary/aromatic N) is 1. The first-order valence-electron chi connectivity index (χ1n) is 5.54. The van der Waals surface area contributed by atoms with Gasteiger partial charge in [0.15, 0.2) is 0 Å². The molecule has 1 amide bonds. The lowest BCUT2D eigenvalue weighted by molar-refractivity contribution is -0.116. The molecule has 0 atom stereocenters. The molecule has 3 N–H and O–H groups in total. The summed E-state index contributed by atoms with van der Waals surface area (Å²) in [5, 5.41) is 3.10. The maximum atomic E-state index is 11.0. The Balaban J connectivity index is 2.92. The number of benzene rings is 1. The Morgan fingerprint density at radius 3 is 2.71 bits per heavy atom. The van der Waals surface area contributed by atoms with E-state index in [9.17, 15) is 4.79 Å². The van der Waals surface area contributed by atoms with Gasteiger partial charge < -0.3 is 16.0 Å². The predicted molar refractivity (Wildman–Crippen MR) is 74.0 cm³/mol. The first-order valence-corrected chi connectivity index (χ1v) is 6.34. The lowest BCUT2D eigenvalue weighted by atomic mass is 10.2. The first kappa shape index (κ1) is 14.0. The number of nitrogens with one attached hydrogen (secondary N) is 1. The van der Waals surface area contributed by atoms with Gasteiger partial charge in [0, 0.05) is 17.6 Å². The van der Waals surface area contributed by atoms with Gasteiger partial charge in [-0.1, -0.05) is 6.07 Å². The zero-order valence-corrected chi connectivity index (χ0v) is 11.8. The van der Waals surface area contributed by atoms with E-state index in [4.69, 9.17) is 5.73 Å². The highest BCUT2D eigenvalue weighted by Gasteiger charge is 2.11. The average molecular weight is 300 g/mol. The second-order valence-corrected chi connectivity index (χ2v) is 4.65. The highest BCUT2D eigenvalue weighted by molar-refractivity contribution is 9.10. The van der Waals surface area contributed by atoms with Crippen molar-refractivity contribution < 1.29 is 4.79 Å². The van der Waals surface area contributed by atoms with E-state index in [1.54, 1.807) is 0 Å². The maximum absolute atomic E-state index is 11.0. The van der Waals surface area contributed by atoms with Crippen molar-refractivity contribution in [3.05, 3.63) is 28.2 Å². The van der Waals surface area contributed by atoms with Crippen LogP contribution in [0.5, 0.6) is 0 Å². The van der Waals surface area contributed by atoms with Gasteiger partial charge in [-0.3, -0.25) is 4.79 Å². The van der Waals surface area contributed by atoms with Crippen LogP contribution < -0.4 is 16.0 Å². The summed E-state index contributed by atoms with van der Waals surface area (Å²) in [4.78, 5) is 12.9. The van der Waals surface area contributed by atoms with Gasteiger partial charge in [0.2, 0.25) is 5.91 Å². The number of carbonyl (C=O) groups excluding carboxylic acids is 1. The Labute approximate surface area is 110 Å². The largest absolute Gasteiger partial charge is 0.368 e. The van der Waals surface area contributed by atoms with E-state index in [2.05, 4.69) is 27.3 Å². The molecule has 4 nitrogen and oxygen atoms in total. The maximum Gasteiger partial charge on any atom is 0.236 e. The van der Waals surface area contributed by atoms with Crippen LogP contribution in [0.1, 0.15) is 12.5 Å². The van der Waals surface area contributed by atoms with E-state index in [0.717, 1.165) is 23.2 Å². The van der Waals surface area contributed by atoms with Gasteiger partial charge in [0.05, 0.1) is 12.2 Å². The summed E-state index contributed by atoms with van der Waals surface area (Å²) >= 11 is 3.53. The Hall–Kier alpha value is -1.07. The summed E-state index contributed by atoms with van der Waals surface area (Å²) in [5.41, 5.74) is 7.41. The molecule has 1 rings (SSSR count). The van der Waals surface area contributed by atoms with E-state index >= 15 is 0 Å². The third-order valence-electron chi connectivity index (χ3n) is 2.46. The normalized spacial score (nSPS) is 10.3. The van der Waals surface area contributed by atoms with Crippen LogP contribution in [0.3, 0.4) is 0 Å². The number of rotatable bonds is 6. The zero-order chi connectivity index (χ0) is 12.8. The van der Waals surface area contributed by atoms with Crippen molar-refractivity contribution in [1.29, 1.82) is 0 Å². The van der Waals surface area contributed by atoms with Gasteiger partial charge in [-0.25, -0.2) is 0 Å². The highest BCUT2D eigenvalue weighted by Crippen LogP contribution is 2.27. The number of amides is 1. The van der Waals surface area contributed by atoms with Crippen LogP contribution in [0.25, 0.3) is 0 Å². The van der Waals surface area contributed by atoms with Crippen LogP contribution in [0, 0.1) is 0 Å². The van der Waals surface area contributed by atoms with Gasteiger partial charge in [0.1, 0.15) is 0 Å². The van der Waals surface area contributed by atoms with E-state index in [-0.39, 0.29) is 12.5 Å². The minimum absolute atomic E-state index is 0.237. The Morgan fingerprint density at radius 2 is 2.24 bits per heavy atom. The Morgan fingerprint density at radius 1 is 1.53 bits per heavy atom. The van der Waals surface area contributed by atoms with E-state index in [1.165, 1.54) is 5.56 Å². The summed E-state index contributed by atoms with van der Waals surface area (Å²) in [5.74, 6) is -0.321. The number of hydrogen-bond donors (Lipinski definition) is 2. The predicted octanol–water partition coefficient (Wildman–Crippen LogP) is 1.48. The fourth-order valence-electron chi connectivity index (χ4n) is 1.68. The topological polar surface area (TPSA) is 58.4 Å². The monoisotopic (exact) mass is 299 g/mol. The molecule has 0 unspecified atom stereocenters. The quantitative estimate of drug-likeness (QED) is 0.836. The molecule has 0 radical (unpaired) electrons. The summed E-state index contributed by atoms with van der Waals surface area (Å²) in [6, 6.07) is 6.10. The molecule has 0 heterocycles. The molecule has 17 heavy (non-hydrogen) atoms. The van der Waals surface area contributed by atoms with Gasteiger partial charge in [-0.15, -0.1) is 0 Å². The van der Waals surface area contributed by atoms with Crippen molar-refractivity contribution in [2.45, 2.75) is 13.5 Å². The van der Waals surface area contributed by atoms with E-state index in [0.29, 0.717) is 0 Å². The molecular formula is C12H18BrN3O. The second kappa shape index (κ2) is 6.61. The molecule has 0 aliphatic carbocycles. The molecule has 0 aromatic heterocycles. The van der Waals surface area contributed by atoms with Crippen LogP contribution in [0.4, 0.5) is 5.69 Å². The van der Waals surface area contributed by atoms with Crippen LogP contribution in [0.2, 0.25) is 0 Å². The fourth-order valence-corrected chi connectivity index (χ4v) is 2.35. The SMILES string of the molecule is CCN(CC(N)=O)c1ccc(CNC)cc1Br. The Bertz CT molecular complexity index is 395. The molecule has 0 aliphatic heterocycles. The van der Waals surface area contributed by atoms with Crippen molar-refractivity contribution in [3.8, 4) is 0 Å². The van der Waals surface area contributed by atoms with Gasteiger partial charge in [-0.2, -0.15) is 0 Å². The minimum atomic E-state index is -0.321. The number of halogens is 1. The van der Waals surface area contributed by atoms with Crippen LogP contribution in [0.15, 0.2) is 22.7 Å². The number of nitrogens with two attached hydrogens (primary N) is 1. The lowest BCUT2D eigenvalue weighted by Crippen LogP contribution is -2.33. The molecule has 0 saturated heterocycles. The number of primary amides is 1. The summed E-state index contributed by atoms with van der Waals surface area (Å²) in [6.07, 6.45) is 0. The standard InChI is InChI=1S/C12H18BrN3O/c1-3-16(8-12(14)17)11-5-4-9(7-15-2)6-10(11)13/h4-6,15H,3,7-8H2,1-2H3,(H2,14,17). The third kappa shape index (κ3) is 4.02. The molecule has 0 fully saturated rings. The van der Waals surface area contributed by atoms with Gasteiger partial charge in [-0.05, 0) is 47.6 Å². The highest BCUT2D eigenvalue weighted by atomic mass is 79.9. The summed E-state index contributed by atoms with van der Waals surface area (Å²) in [6.45, 7) is 3.80. The van der Waals surface area contributed by atoms with E-state index < -0.39 is 0 Å². The smallest absolute Gasteiger partial charge is 0.236 e. The van der Waals surface area contributed by atoms with Gasteiger partial charge >= 0.3 is 0 Å². The van der Waals surface area contributed by atoms with Crippen molar-refractivity contribution in [2.24, 2.45) is 5.73 Å². The van der Waals surface area contributed by atoms with Crippen molar-refractivity contribution in [2.75, 3.05) is 25.0 Å². The summed E-state index contributed by atoms with van der Waals surface area (Å²) < 4.78 is 0.980. The molecule has 1 aromatic carbocycles. The zero-order valence-electron chi connectivity index (χ0n) is 10.2. The third-order valence-corrected chi connectivity index (χ3v) is 3.10. The number of anilines is 1. The van der Waals surface area contributed by atoms with Crippen LogP contribution >= 0.6 is 15.9 Å². The van der Waals surface area contributed by atoms with Crippen LogP contribution in [-0.2, 0) is 11.3 Å². The molecule has 94 valence electrons. The van der Waals surface area contributed by atoms with Crippen molar-refractivity contribution >= 4 is 27.5 Å². The van der Waals surface area contributed by atoms with E-state index in [1.807, 2.05) is 31.0 Å². The van der Waals surface area contributed by atoms with Gasteiger partial charge in [0.25, 0.3) is 0 Å². The average Bonchev–Trinajstić information content (AvgIpc) is 2.27. The molecule has 5 heteroatoms. The number of likely N-dealkylation sites (N-methyl/N-ethyl adjacent to an activating group) is 1. The second-order valence-electron chi connectivity index (χ2n) is 3.80. The number of carbonyl (C=O) groups is 1. The summed E-state index contributed by atoms with van der Waals surface area (Å²) in [7, 11) is 1.91. The molecule has 0 aliphatic rings. The molecule has 0 saturated carbocycles. The molecule has 1 aromatic rings. The molecule has 0 bridgehead atoms. The Kier molecular flexibility index (Phi) is 5.44. The lowest BCUT2D eigenvalue weighted by Gasteiger charge is -2.23. The van der Waals surface area contributed by atoms with Crippen LogP contribution in [-0.4, -0.2) is 26.0 Å². The van der Waals surface area contributed by atoms with Crippen molar-refractivity contribution in [3.63, 3.8) is 0 Å². The minimum Gasteiger partial charge on any atom is -0.368 e. The molecular weight excluding hydrogens is 282 g/mol. The molecule has 0 spiro atoms. The number of hydrogen-bond acceptors (Lipinski definition) is 3.